The molecule has 1 rings (SSSR count). The summed E-state index contributed by atoms with van der Waals surface area (Å²) in [6, 6.07) is 5.06. The normalized spacial score (nSPS) is 13.5. The molecule has 0 radical (unpaired) electrons. The van der Waals surface area contributed by atoms with Gasteiger partial charge in [-0.15, -0.1) is 0 Å². The largest absolute Gasteiger partial charge is 0.265 e. The van der Waals surface area contributed by atoms with Crippen molar-refractivity contribution in [2.75, 3.05) is 6.54 Å². The van der Waals surface area contributed by atoms with E-state index in [-0.39, 0.29) is 0 Å². The Kier molecular flexibility index (Phi) is 4.35. The van der Waals surface area contributed by atoms with E-state index in [2.05, 4.69) is 0 Å². The van der Waals surface area contributed by atoms with Crippen LogP contribution >= 0.6 is 34.8 Å². The molecule has 0 aliphatic heterocycles. The van der Waals surface area contributed by atoms with Crippen molar-refractivity contribution in [1.29, 1.82) is 0 Å². The monoisotopic (exact) mass is 285 g/mol. The molecule has 0 aliphatic rings. The highest BCUT2D eigenvalue weighted by Crippen LogP contribution is 2.41. The third-order valence-electron chi connectivity index (χ3n) is 2.00. The van der Waals surface area contributed by atoms with Crippen LogP contribution in [-0.2, 0) is 0 Å². The van der Waals surface area contributed by atoms with Crippen molar-refractivity contribution in [2.24, 2.45) is 0 Å². The molecule has 16 heavy (non-hydrogen) atoms. The molecule has 0 N–H and O–H groups in total. The Hall–Kier alpha value is -0.580. The van der Waals surface area contributed by atoms with E-state index in [0.29, 0.717) is 5.56 Å². The quantitative estimate of drug-likeness (QED) is 0.484. The summed E-state index contributed by atoms with van der Waals surface area (Å²) in [5, 5.41) is 10.5. The van der Waals surface area contributed by atoms with Gasteiger partial charge >= 0.3 is 0 Å². The van der Waals surface area contributed by atoms with Crippen LogP contribution in [0.15, 0.2) is 24.3 Å². The van der Waals surface area contributed by atoms with E-state index in [0.717, 1.165) is 0 Å². The molecule has 0 heterocycles. The second-order valence-electron chi connectivity index (χ2n) is 3.16. The first-order valence-electron chi connectivity index (χ1n) is 4.24. The van der Waals surface area contributed by atoms with Gasteiger partial charge in [0.05, 0.1) is 5.92 Å². The molecular formula is C9H7Cl3FNO2. The van der Waals surface area contributed by atoms with E-state index in [1.54, 1.807) is 0 Å². The van der Waals surface area contributed by atoms with Crippen LogP contribution in [0.3, 0.4) is 0 Å². The van der Waals surface area contributed by atoms with Gasteiger partial charge in [0.2, 0.25) is 10.3 Å². The maximum Gasteiger partial charge on any atom is 0.214 e. The van der Waals surface area contributed by atoms with Gasteiger partial charge in [0.15, 0.2) is 0 Å². The zero-order valence-electron chi connectivity index (χ0n) is 7.87. The van der Waals surface area contributed by atoms with Crippen LogP contribution in [0, 0.1) is 15.9 Å². The zero-order valence-corrected chi connectivity index (χ0v) is 10.1. The summed E-state index contributed by atoms with van der Waals surface area (Å²) in [5.74, 6) is -1.36. The number of rotatable bonds is 3. The summed E-state index contributed by atoms with van der Waals surface area (Å²) in [6.07, 6.45) is 0. The highest BCUT2D eigenvalue weighted by Gasteiger charge is 2.37. The number of halogens is 4. The Labute approximate surface area is 106 Å². The van der Waals surface area contributed by atoms with E-state index in [1.165, 1.54) is 24.3 Å². The molecule has 1 aromatic carbocycles. The molecule has 0 amide bonds. The van der Waals surface area contributed by atoms with E-state index in [1.807, 2.05) is 0 Å². The molecule has 3 nitrogen and oxygen atoms in total. The Morgan fingerprint density at radius 2 is 1.81 bits per heavy atom. The van der Waals surface area contributed by atoms with Crippen molar-refractivity contribution >= 4 is 34.8 Å². The maximum absolute atomic E-state index is 12.7. The molecule has 0 aliphatic carbocycles. The molecule has 0 bridgehead atoms. The van der Waals surface area contributed by atoms with Gasteiger partial charge in [-0.05, 0) is 17.7 Å². The number of hydrogen-bond donors (Lipinski definition) is 0. The molecule has 0 aromatic heterocycles. The second kappa shape index (κ2) is 5.17. The lowest BCUT2D eigenvalue weighted by Crippen LogP contribution is -2.25. The van der Waals surface area contributed by atoms with Crippen LogP contribution in [-0.4, -0.2) is 15.3 Å². The predicted octanol–water partition coefficient (Wildman–Crippen LogP) is 3.56. The molecule has 0 unspecified atom stereocenters. The van der Waals surface area contributed by atoms with Crippen molar-refractivity contribution in [1.82, 2.24) is 0 Å². The number of nitro groups is 1. The first-order valence-corrected chi connectivity index (χ1v) is 5.38. The van der Waals surface area contributed by atoms with Gasteiger partial charge in [0.1, 0.15) is 5.82 Å². The minimum atomic E-state index is -1.80. The van der Waals surface area contributed by atoms with Gasteiger partial charge < -0.3 is 0 Å². The lowest BCUT2D eigenvalue weighted by molar-refractivity contribution is -0.483. The highest BCUT2D eigenvalue weighted by atomic mass is 35.6. The molecule has 0 saturated heterocycles. The van der Waals surface area contributed by atoms with Crippen LogP contribution in [0.5, 0.6) is 0 Å². The molecular weight excluding hydrogens is 279 g/mol. The molecule has 1 aromatic rings. The SMILES string of the molecule is O=[N+]([O-])C[C@H](c1ccc(F)cc1)C(Cl)(Cl)Cl. The fraction of sp³-hybridized carbons (Fsp3) is 0.333. The smallest absolute Gasteiger partial charge is 0.214 e. The Morgan fingerprint density at radius 1 is 1.31 bits per heavy atom. The fourth-order valence-electron chi connectivity index (χ4n) is 1.24. The van der Waals surface area contributed by atoms with Crippen LogP contribution in [0.2, 0.25) is 0 Å². The minimum absolute atomic E-state index is 0.415. The standard InChI is InChI=1S/C9H7Cl3FNO2/c10-9(11,12)8(5-14(15)16)6-1-3-7(13)4-2-6/h1-4,8H,5H2/t8-/m1/s1. The average molecular weight is 287 g/mol. The van der Waals surface area contributed by atoms with Crippen molar-refractivity contribution in [2.45, 2.75) is 9.71 Å². The number of alkyl halides is 3. The van der Waals surface area contributed by atoms with Gasteiger partial charge in [-0.2, -0.15) is 0 Å². The van der Waals surface area contributed by atoms with Crippen LogP contribution < -0.4 is 0 Å². The first-order chi connectivity index (χ1) is 7.30. The van der Waals surface area contributed by atoms with Crippen molar-refractivity contribution in [3.8, 4) is 0 Å². The summed E-state index contributed by atoms with van der Waals surface area (Å²) in [5.41, 5.74) is 0.415. The lowest BCUT2D eigenvalue weighted by Gasteiger charge is -2.21. The van der Waals surface area contributed by atoms with E-state index >= 15 is 0 Å². The van der Waals surface area contributed by atoms with Crippen molar-refractivity contribution in [3.05, 3.63) is 45.8 Å². The maximum atomic E-state index is 12.7. The molecule has 0 fully saturated rings. The lowest BCUT2D eigenvalue weighted by atomic mass is 10.0. The number of hydrogen-bond acceptors (Lipinski definition) is 2. The fourth-order valence-corrected chi connectivity index (χ4v) is 1.83. The Morgan fingerprint density at radius 3 is 2.19 bits per heavy atom. The number of benzene rings is 1. The van der Waals surface area contributed by atoms with Gasteiger partial charge in [-0.25, -0.2) is 4.39 Å². The summed E-state index contributed by atoms with van der Waals surface area (Å²) in [4.78, 5) is 9.88. The Bertz CT molecular complexity index is 377. The van der Waals surface area contributed by atoms with Gasteiger partial charge in [-0.1, -0.05) is 46.9 Å². The molecule has 7 heteroatoms. The summed E-state index contributed by atoms with van der Waals surface area (Å²) >= 11 is 17.0. The van der Waals surface area contributed by atoms with E-state index < -0.39 is 27.0 Å². The van der Waals surface area contributed by atoms with Gasteiger partial charge in [0, 0.05) is 4.92 Å². The van der Waals surface area contributed by atoms with Crippen molar-refractivity contribution in [3.63, 3.8) is 0 Å². The zero-order chi connectivity index (χ0) is 12.3. The summed E-state index contributed by atoms with van der Waals surface area (Å²) in [6.45, 7) is -0.526. The molecule has 0 saturated carbocycles. The highest BCUT2D eigenvalue weighted by molar-refractivity contribution is 6.68. The van der Waals surface area contributed by atoms with Crippen molar-refractivity contribution < 1.29 is 9.31 Å². The summed E-state index contributed by atoms with van der Waals surface area (Å²) in [7, 11) is 0. The molecule has 1 atom stereocenters. The second-order valence-corrected chi connectivity index (χ2v) is 5.53. The molecule has 88 valence electrons. The van der Waals surface area contributed by atoms with E-state index in [4.69, 9.17) is 34.8 Å². The van der Waals surface area contributed by atoms with Crippen LogP contribution in [0.4, 0.5) is 4.39 Å². The predicted molar refractivity (Wildman–Crippen MR) is 61.3 cm³/mol. The third kappa shape index (κ3) is 3.77. The minimum Gasteiger partial charge on any atom is -0.265 e. The van der Waals surface area contributed by atoms with Gasteiger partial charge in [-0.3, -0.25) is 10.1 Å². The Balaban J connectivity index is 3.01. The van der Waals surface area contributed by atoms with E-state index in [9.17, 15) is 14.5 Å². The molecule has 0 spiro atoms. The van der Waals surface area contributed by atoms with Crippen LogP contribution in [0.25, 0.3) is 0 Å². The first kappa shape index (κ1) is 13.5. The topological polar surface area (TPSA) is 43.1 Å². The third-order valence-corrected chi connectivity index (χ3v) is 2.79. The van der Waals surface area contributed by atoms with Crippen LogP contribution in [0.1, 0.15) is 11.5 Å². The average Bonchev–Trinajstić information content (AvgIpc) is 2.14. The van der Waals surface area contributed by atoms with Gasteiger partial charge in [0.25, 0.3) is 0 Å². The summed E-state index contributed by atoms with van der Waals surface area (Å²) < 4.78 is 10.9. The number of nitrogens with zero attached hydrogens (tertiary/aromatic N) is 1.